The van der Waals surface area contributed by atoms with Crippen molar-refractivity contribution in [2.45, 2.75) is 53.0 Å². The predicted octanol–water partition coefficient (Wildman–Crippen LogP) is 1.26. The molecule has 0 heterocycles. The molecule has 0 aromatic heterocycles. The molecule has 0 aromatic rings. The van der Waals surface area contributed by atoms with Gasteiger partial charge in [-0.3, -0.25) is 14.8 Å². The van der Waals surface area contributed by atoms with Crippen LogP contribution in [0.15, 0.2) is 0 Å². The Hall–Kier alpha value is -1.63. The summed E-state index contributed by atoms with van der Waals surface area (Å²) in [4.78, 5) is 34.0. The Morgan fingerprint density at radius 1 is 1.33 bits per heavy atom. The lowest BCUT2D eigenvalue weighted by molar-refractivity contribution is -0.156. The van der Waals surface area contributed by atoms with Gasteiger partial charge in [-0.25, -0.2) is 9.86 Å². The van der Waals surface area contributed by atoms with Gasteiger partial charge in [0.1, 0.15) is 6.04 Å². The molecule has 2 unspecified atom stereocenters. The fourth-order valence-corrected chi connectivity index (χ4v) is 1.93. The van der Waals surface area contributed by atoms with Crippen LogP contribution in [-0.4, -0.2) is 46.3 Å². The minimum absolute atomic E-state index is 0.147. The summed E-state index contributed by atoms with van der Waals surface area (Å²) in [5.74, 6) is -2.21. The molecule has 21 heavy (non-hydrogen) atoms. The van der Waals surface area contributed by atoms with E-state index in [0.29, 0.717) is 11.5 Å². The van der Waals surface area contributed by atoms with E-state index < -0.39 is 29.3 Å². The SMILES string of the molecule is CCCCC(CN(O)C=O)C(=O)NC(C(=O)O)C(C)(C)C. The number of hydrogen-bond donors (Lipinski definition) is 3. The Labute approximate surface area is 125 Å². The largest absolute Gasteiger partial charge is 0.480 e. The van der Waals surface area contributed by atoms with E-state index in [-0.39, 0.29) is 13.0 Å². The molecule has 3 N–H and O–H groups in total. The first-order valence-corrected chi connectivity index (χ1v) is 7.07. The van der Waals surface area contributed by atoms with E-state index in [4.69, 9.17) is 0 Å². The Balaban J connectivity index is 4.92. The Morgan fingerprint density at radius 3 is 2.29 bits per heavy atom. The zero-order valence-electron chi connectivity index (χ0n) is 13.1. The Morgan fingerprint density at radius 2 is 1.90 bits per heavy atom. The number of carbonyl (C=O) groups excluding carboxylic acids is 2. The van der Waals surface area contributed by atoms with Gasteiger partial charge in [0.15, 0.2) is 0 Å². The van der Waals surface area contributed by atoms with E-state index in [1.54, 1.807) is 20.8 Å². The lowest BCUT2D eigenvalue weighted by atomic mass is 9.86. The van der Waals surface area contributed by atoms with Crippen LogP contribution in [0.3, 0.4) is 0 Å². The molecule has 122 valence electrons. The Bertz CT molecular complexity index is 365. The topological polar surface area (TPSA) is 107 Å². The maximum atomic E-state index is 12.2. The quantitative estimate of drug-likeness (QED) is 0.337. The van der Waals surface area contributed by atoms with Crippen molar-refractivity contribution in [3.05, 3.63) is 0 Å². The van der Waals surface area contributed by atoms with Crippen LogP contribution in [0.25, 0.3) is 0 Å². The van der Waals surface area contributed by atoms with Gasteiger partial charge in [0.25, 0.3) is 0 Å². The monoisotopic (exact) mass is 302 g/mol. The molecule has 0 aliphatic carbocycles. The highest BCUT2D eigenvalue weighted by Crippen LogP contribution is 2.20. The molecule has 7 heteroatoms. The molecule has 0 saturated heterocycles. The number of rotatable bonds is 9. The van der Waals surface area contributed by atoms with Crippen molar-refractivity contribution in [2.24, 2.45) is 11.3 Å². The second kappa shape index (κ2) is 8.61. The lowest BCUT2D eigenvalue weighted by Gasteiger charge is -2.29. The van der Waals surface area contributed by atoms with E-state index >= 15 is 0 Å². The van der Waals surface area contributed by atoms with Gasteiger partial charge in [0.2, 0.25) is 12.3 Å². The average molecular weight is 302 g/mol. The molecule has 0 radical (unpaired) electrons. The number of carbonyl (C=O) groups is 3. The van der Waals surface area contributed by atoms with E-state index in [1.807, 2.05) is 6.92 Å². The summed E-state index contributed by atoms with van der Waals surface area (Å²) in [5, 5.41) is 21.4. The summed E-state index contributed by atoms with van der Waals surface area (Å²) in [6.45, 7) is 6.97. The van der Waals surface area contributed by atoms with Crippen LogP contribution in [0.4, 0.5) is 0 Å². The first-order valence-electron chi connectivity index (χ1n) is 7.07. The van der Waals surface area contributed by atoms with Gasteiger partial charge in [0.05, 0.1) is 12.5 Å². The van der Waals surface area contributed by atoms with E-state index in [1.165, 1.54) is 0 Å². The summed E-state index contributed by atoms with van der Waals surface area (Å²) in [5.41, 5.74) is -0.639. The van der Waals surface area contributed by atoms with Crippen molar-refractivity contribution in [1.29, 1.82) is 0 Å². The van der Waals surface area contributed by atoms with Gasteiger partial charge >= 0.3 is 5.97 Å². The van der Waals surface area contributed by atoms with Crippen LogP contribution in [0.1, 0.15) is 47.0 Å². The lowest BCUT2D eigenvalue weighted by Crippen LogP contribution is -2.51. The minimum Gasteiger partial charge on any atom is -0.480 e. The van der Waals surface area contributed by atoms with Gasteiger partial charge in [-0.05, 0) is 11.8 Å². The van der Waals surface area contributed by atoms with Crippen LogP contribution in [0.2, 0.25) is 0 Å². The number of unbranched alkanes of at least 4 members (excludes halogenated alkanes) is 1. The van der Waals surface area contributed by atoms with Crippen molar-refractivity contribution in [1.82, 2.24) is 10.4 Å². The Kier molecular flexibility index (Phi) is 7.94. The summed E-state index contributed by atoms with van der Waals surface area (Å²) in [6, 6.07) is -1.03. The fourth-order valence-electron chi connectivity index (χ4n) is 1.93. The molecule has 0 aliphatic rings. The maximum Gasteiger partial charge on any atom is 0.326 e. The number of nitrogens with zero attached hydrogens (tertiary/aromatic N) is 1. The highest BCUT2D eigenvalue weighted by atomic mass is 16.5. The summed E-state index contributed by atoms with van der Waals surface area (Å²) in [7, 11) is 0. The van der Waals surface area contributed by atoms with Gasteiger partial charge in [-0.2, -0.15) is 0 Å². The standard InChI is InChI=1S/C14H26N2O5/c1-5-6-7-10(8-16(21)9-17)12(18)15-11(13(19)20)14(2,3)4/h9-11,21H,5-8H2,1-4H3,(H,15,18)(H,19,20). The highest BCUT2D eigenvalue weighted by Gasteiger charge is 2.34. The fraction of sp³-hybridized carbons (Fsp3) is 0.786. The van der Waals surface area contributed by atoms with Crippen molar-refractivity contribution < 1.29 is 24.7 Å². The summed E-state index contributed by atoms with van der Waals surface area (Å²) >= 11 is 0. The molecular weight excluding hydrogens is 276 g/mol. The first kappa shape index (κ1) is 19.4. The maximum absolute atomic E-state index is 12.2. The normalized spacial score (nSPS) is 14.1. The van der Waals surface area contributed by atoms with Crippen molar-refractivity contribution in [3.63, 3.8) is 0 Å². The number of carboxylic acid groups (broad SMARTS) is 1. The van der Waals surface area contributed by atoms with Gasteiger partial charge in [-0.1, -0.05) is 40.5 Å². The molecule has 2 atom stereocenters. The van der Waals surface area contributed by atoms with Gasteiger partial charge in [-0.15, -0.1) is 0 Å². The third-order valence-corrected chi connectivity index (χ3v) is 3.21. The zero-order valence-corrected chi connectivity index (χ0v) is 13.1. The number of nitrogens with one attached hydrogen (secondary N) is 1. The molecule has 0 saturated carbocycles. The summed E-state index contributed by atoms with van der Waals surface area (Å²) < 4.78 is 0. The third-order valence-electron chi connectivity index (χ3n) is 3.21. The van der Waals surface area contributed by atoms with Crippen LogP contribution in [0.5, 0.6) is 0 Å². The molecule has 2 amide bonds. The molecule has 0 fully saturated rings. The predicted molar refractivity (Wildman–Crippen MR) is 76.6 cm³/mol. The highest BCUT2D eigenvalue weighted by molar-refractivity contribution is 5.85. The van der Waals surface area contributed by atoms with Crippen LogP contribution in [0, 0.1) is 11.3 Å². The number of hydrogen-bond acceptors (Lipinski definition) is 4. The molecule has 7 nitrogen and oxygen atoms in total. The van der Waals surface area contributed by atoms with Crippen LogP contribution in [-0.2, 0) is 14.4 Å². The number of aliphatic carboxylic acids is 1. The number of hydroxylamine groups is 2. The smallest absolute Gasteiger partial charge is 0.326 e. The van der Waals surface area contributed by atoms with Crippen molar-refractivity contribution in [3.8, 4) is 0 Å². The molecule has 0 bridgehead atoms. The summed E-state index contributed by atoms with van der Waals surface area (Å²) in [6.07, 6.45) is 2.31. The van der Waals surface area contributed by atoms with Gasteiger partial charge in [0, 0.05) is 0 Å². The van der Waals surface area contributed by atoms with Gasteiger partial charge < -0.3 is 10.4 Å². The van der Waals surface area contributed by atoms with E-state index in [2.05, 4.69) is 5.32 Å². The first-order chi connectivity index (χ1) is 9.63. The second-order valence-electron chi connectivity index (χ2n) is 6.21. The molecule has 0 spiro atoms. The van der Waals surface area contributed by atoms with E-state index in [0.717, 1.165) is 12.8 Å². The van der Waals surface area contributed by atoms with E-state index in [9.17, 15) is 24.7 Å². The van der Waals surface area contributed by atoms with Crippen molar-refractivity contribution >= 4 is 18.3 Å². The molecule has 0 aliphatic heterocycles. The third kappa shape index (κ3) is 7.08. The second-order valence-corrected chi connectivity index (χ2v) is 6.21. The van der Waals surface area contributed by atoms with Crippen LogP contribution >= 0.6 is 0 Å². The molecule has 0 rings (SSSR count). The molecule has 0 aromatic carbocycles. The zero-order chi connectivity index (χ0) is 16.6. The van der Waals surface area contributed by atoms with Crippen LogP contribution < -0.4 is 5.32 Å². The number of carboxylic acids is 1. The molecular formula is C14H26N2O5. The van der Waals surface area contributed by atoms with Crippen molar-refractivity contribution in [2.75, 3.05) is 6.54 Å². The number of amides is 2. The average Bonchev–Trinajstić information content (AvgIpc) is 2.38. The minimum atomic E-state index is -1.11.